The molecule has 0 unspecified atom stereocenters. The van der Waals surface area contributed by atoms with Gasteiger partial charge in [-0.05, 0) is 42.5 Å². The quantitative estimate of drug-likeness (QED) is 0.406. The van der Waals surface area contributed by atoms with Gasteiger partial charge in [0.25, 0.3) is 17.5 Å². The Bertz CT molecular complexity index is 1270. The van der Waals surface area contributed by atoms with E-state index >= 15 is 0 Å². The van der Waals surface area contributed by atoms with Crippen LogP contribution < -0.4 is 19.5 Å². The van der Waals surface area contributed by atoms with Gasteiger partial charge in [-0.1, -0.05) is 0 Å². The van der Waals surface area contributed by atoms with Crippen LogP contribution in [0.25, 0.3) is 0 Å². The van der Waals surface area contributed by atoms with Gasteiger partial charge in [-0.2, -0.15) is 0 Å². The molecule has 3 aromatic rings. The summed E-state index contributed by atoms with van der Waals surface area (Å²) >= 11 is 0. The first-order valence-electron chi connectivity index (χ1n) is 10.7. The summed E-state index contributed by atoms with van der Waals surface area (Å²) in [6, 6.07) is 15.9. The number of carbonyl (C=O) groups is 2. The van der Waals surface area contributed by atoms with Crippen LogP contribution >= 0.6 is 0 Å². The molecule has 0 saturated carbocycles. The predicted octanol–water partition coefficient (Wildman–Crippen LogP) is 3.79. The van der Waals surface area contributed by atoms with E-state index in [9.17, 15) is 19.7 Å². The fourth-order valence-electron chi connectivity index (χ4n) is 3.72. The minimum Gasteiger partial charge on any atom is -0.497 e. The highest BCUT2D eigenvalue weighted by molar-refractivity contribution is 6.04. The lowest BCUT2D eigenvalue weighted by atomic mass is 10.1. The van der Waals surface area contributed by atoms with Crippen molar-refractivity contribution in [3.63, 3.8) is 0 Å². The topological polar surface area (TPSA) is 120 Å². The summed E-state index contributed by atoms with van der Waals surface area (Å²) in [5.41, 5.74) is 2.23. The third-order valence-electron chi connectivity index (χ3n) is 5.58. The lowest BCUT2D eigenvalue weighted by Gasteiger charge is -2.22. The molecule has 0 aliphatic carbocycles. The molecule has 0 fully saturated rings. The van der Waals surface area contributed by atoms with Crippen LogP contribution in [0.3, 0.4) is 0 Å². The number of amides is 2. The van der Waals surface area contributed by atoms with Gasteiger partial charge < -0.3 is 24.4 Å². The summed E-state index contributed by atoms with van der Waals surface area (Å²) in [4.78, 5) is 37.3. The van der Waals surface area contributed by atoms with Crippen molar-refractivity contribution in [1.29, 1.82) is 0 Å². The van der Waals surface area contributed by atoms with Crippen LogP contribution in [0, 0.1) is 10.1 Å². The van der Waals surface area contributed by atoms with Crippen LogP contribution in [0.4, 0.5) is 11.4 Å². The molecule has 35 heavy (non-hydrogen) atoms. The van der Waals surface area contributed by atoms with Crippen molar-refractivity contribution < 1.29 is 28.7 Å². The van der Waals surface area contributed by atoms with Crippen molar-refractivity contribution in [3.05, 3.63) is 87.5 Å². The van der Waals surface area contributed by atoms with Gasteiger partial charge in [0.15, 0.2) is 6.61 Å². The Kier molecular flexibility index (Phi) is 6.81. The molecule has 0 radical (unpaired) electrons. The molecular formula is C25H23N3O7. The summed E-state index contributed by atoms with van der Waals surface area (Å²) in [5.74, 6) is 1.21. The number of carbonyl (C=O) groups excluding carboxylic acids is 2. The number of hydrogen-bond donors (Lipinski definition) is 1. The molecule has 4 rings (SSSR count). The molecule has 0 aromatic heterocycles. The minimum absolute atomic E-state index is 0.0954. The summed E-state index contributed by atoms with van der Waals surface area (Å²) < 4.78 is 16.4. The standard InChI is InChI=1S/C25H23N3O7/c1-33-21-9-5-17(23(12-21)34-2)13-27-14-18-11-19(6-10-22(18)35-15-24(27)29)26-25(30)16-3-7-20(8-4-16)28(31)32/h3-12H,13-15H2,1-2H3,(H,26,30). The van der Waals surface area contributed by atoms with E-state index in [1.54, 1.807) is 49.5 Å². The Morgan fingerprint density at radius 2 is 1.86 bits per heavy atom. The molecule has 1 heterocycles. The molecule has 180 valence electrons. The molecule has 1 aliphatic heterocycles. The molecule has 0 saturated heterocycles. The maximum Gasteiger partial charge on any atom is 0.269 e. The number of methoxy groups -OCH3 is 2. The molecule has 3 aromatic carbocycles. The third kappa shape index (κ3) is 5.32. The second kappa shape index (κ2) is 10.1. The first-order chi connectivity index (χ1) is 16.9. The van der Waals surface area contributed by atoms with Crippen molar-refractivity contribution in [1.82, 2.24) is 4.90 Å². The number of ether oxygens (including phenoxy) is 3. The van der Waals surface area contributed by atoms with Gasteiger partial charge >= 0.3 is 0 Å². The van der Waals surface area contributed by atoms with Gasteiger partial charge in [0.2, 0.25) is 0 Å². The van der Waals surface area contributed by atoms with Crippen molar-refractivity contribution in [2.75, 3.05) is 26.1 Å². The average molecular weight is 477 g/mol. The largest absolute Gasteiger partial charge is 0.497 e. The SMILES string of the molecule is COc1ccc(CN2Cc3cc(NC(=O)c4ccc([N+](=O)[O-])cc4)ccc3OCC2=O)c(OC)c1. The number of anilines is 1. The fourth-order valence-corrected chi connectivity index (χ4v) is 3.72. The molecular weight excluding hydrogens is 454 g/mol. The molecule has 2 amide bonds. The van der Waals surface area contributed by atoms with Crippen LogP contribution in [-0.2, 0) is 17.9 Å². The number of hydrogen-bond acceptors (Lipinski definition) is 7. The van der Waals surface area contributed by atoms with E-state index in [1.807, 2.05) is 6.07 Å². The maximum atomic E-state index is 12.8. The summed E-state index contributed by atoms with van der Waals surface area (Å²) in [7, 11) is 3.12. The Morgan fingerprint density at radius 1 is 1.09 bits per heavy atom. The lowest BCUT2D eigenvalue weighted by molar-refractivity contribution is -0.384. The van der Waals surface area contributed by atoms with Crippen LogP contribution in [0.15, 0.2) is 60.7 Å². The smallest absolute Gasteiger partial charge is 0.269 e. The maximum absolute atomic E-state index is 12.8. The van der Waals surface area contributed by atoms with Gasteiger partial charge in [-0.3, -0.25) is 19.7 Å². The minimum atomic E-state index is -0.525. The van der Waals surface area contributed by atoms with Crippen molar-refractivity contribution in [2.24, 2.45) is 0 Å². The van der Waals surface area contributed by atoms with Gasteiger partial charge in [-0.25, -0.2) is 0 Å². The highest BCUT2D eigenvalue weighted by Gasteiger charge is 2.23. The lowest BCUT2D eigenvalue weighted by Crippen LogP contribution is -2.32. The molecule has 0 atom stereocenters. The number of fused-ring (bicyclic) bond motifs is 1. The number of nitrogens with one attached hydrogen (secondary N) is 1. The van der Waals surface area contributed by atoms with Crippen LogP contribution in [0.1, 0.15) is 21.5 Å². The monoisotopic (exact) mass is 477 g/mol. The number of nitro benzene ring substituents is 1. The molecule has 1 aliphatic rings. The van der Waals surface area contributed by atoms with E-state index in [0.717, 1.165) is 11.1 Å². The number of nitro groups is 1. The van der Waals surface area contributed by atoms with Gasteiger partial charge in [0.05, 0.1) is 19.1 Å². The zero-order valence-electron chi connectivity index (χ0n) is 19.1. The first kappa shape index (κ1) is 23.6. The van der Waals surface area contributed by atoms with Gasteiger partial charge in [0.1, 0.15) is 17.2 Å². The first-order valence-corrected chi connectivity index (χ1v) is 10.7. The van der Waals surface area contributed by atoms with Crippen LogP contribution in [0.5, 0.6) is 17.2 Å². The Morgan fingerprint density at radius 3 is 2.54 bits per heavy atom. The van der Waals surface area contributed by atoms with Gasteiger partial charge in [0, 0.05) is 53.7 Å². The van der Waals surface area contributed by atoms with Crippen molar-refractivity contribution >= 4 is 23.2 Å². The van der Waals surface area contributed by atoms with E-state index in [-0.39, 0.29) is 30.3 Å². The van der Waals surface area contributed by atoms with Crippen LogP contribution in [-0.4, -0.2) is 42.5 Å². The van der Waals surface area contributed by atoms with E-state index < -0.39 is 10.8 Å². The second-order valence-corrected chi connectivity index (χ2v) is 7.80. The number of rotatable bonds is 7. The Hall–Kier alpha value is -4.60. The molecule has 10 nitrogen and oxygen atoms in total. The second-order valence-electron chi connectivity index (χ2n) is 7.80. The number of non-ortho nitro benzene ring substituents is 1. The zero-order chi connectivity index (χ0) is 24.9. The van der Waals surface area contributed by atoms with E-state index in [0.29, 0.717) is 29.5 Å². The Labute approximate surface area is 201 Å². The van der Waals surface area contributed by atoms with Crippen molar-refractivity contribution in [3.8, 4) is 17.2 Å². The van der Waals surface area contributed by atoms with Gasteiger partial charge in [-0.15, -0.1) is 0 Å². The highest BCUT2D eigenvalue weighted by atomic mass is 16.6. The van der Waals surface area contributed by atoms with E-state index in [1.165, 1.54) is 24.3 Å². The summed E-state index contributed by atoms with van der Waals surface area (Å²) in [6.07, 6.45) is 0. The fraction of sp³-hybridized carbons (Fsp3) is 0.200. The third-order valence-corrected chi connectivity index (χ3v) is 5.58. The van der Waals surface area contributed by atoms with E-state index in [4.69, 9.17) is 14.2 Å². The summed E-state index contributed by atoms with van der Waals surface area (Å²) in [5, 5.41) is 13.6. The zero-order valence-corrected chi connectivity index (χ0v) is 19.1. The molecule has 10 heteroatoms. The molecule has 0 bridgehead atoms. The number of nitrogens with zero attached hydrogens (tertiary/aromatic N) is 2. The highest BCUT2D eigenvalue weighted by Crippen LogP contribution is 2.30. The molecule has 1 N–H and O–H groups in total. The molecule has 0 spiro atoms. The van der Waals surface area contributed by atoms with E-state index in [2.05, 4.69) is 5.32 Å². The predicted molar refractivity (Wildman–Crippen MR) is 127 cm³/mol. The number of benzene rings is 3. The van der Waals surface area contributed by atoms with Crippen molar-refractivity contribution in [2.45, 2.75) is 13.1 Å². The Balaban J connectivity index is 1.52. The average Bonchev–Trinajstić information content (AvgIpc) is 3.02. The van der Waals surface area contributed by atoms with Crippen LogP contribution in [0.2, 0.25) is 0 Å². The summed E-state index contributed by atoms with van der Waals surface area (Å²) in [6.45, 7) is 0.457. The normalized spacial score (nSPS) is 12.7.